The Labute approximate surface area is 235 Å². The van der Waals surface area contributed by atoms with Crippen LogP contribution in [-0.2, 0) is 34.2 Å². The number of aliphatic hydroxyl groups excluding tert-OH is 1. The van der Waals surface area contributed by atoms with Gasteiger partial charge in [0.2, 0.25) is 10.0 Å². The van der Waals surface area contributed by atoms with Gasteiger partial charge >= 0.3 is 0 Å². The molecule has 3 aromatic rings. The Morgan fingerprint density at radius 3 is 2.73 bits per heavy atom. The minimum atomic E-state index is -3.55. The molecule has 2 aromatic heterocycles. The second-order valence-electron chi connectivity index (χ2n) is 9.61. The average Bonchev–Trinajstić information content (AvgIpc) is 3.29. The first-order valence-corrected chi connectivity index (χ1v) is 15.1. The van der Waals surface area contributed by atoms with Crippen LogP contribution in [0.3, 0.4) is 0 Å². The zero-order valence-corrected chi connectivity index (χ0v) is 23.3. The fourth-order valence-electron chi connectivity index (χ4n) is 5.12. The predicted molar refractivity (Wildman–Crippen MR) is 145 cm³/mol. The van der Waals surface area contributed by atoms with Gasteiger partial charge in [-0.1, -0.05) is 11.6 Å². The molecule has 2 aliphatic heterocycles. The smallest absolute Gasteiger partial charge is 0.261 e. The standard InChI is InChI=1S/C26H29ClFN5O6S/c1-40(36,37)31-21-8-7-20(26(27)30-21)39-15-23(35)33-11-9-19-25(32-10-3-2-4-22(32)29-19)24(33)17-6-5-16(14-18(17)28)38-13-12-34/h5-8,14,24,34H,2-4,9-13,15H2,1H3,(H,30,31). The molecular weight excluding hydrogens is 565 g/mol. The van der Waals surface area contributed by atoms with Crippen molar-refractivity contribution in [3.05, 3.63) is 64.1 Å². The van der Waals surface area contributed by atoms with Gasteiger partial charge in [0.1, 0.15) is 35.9 Å². The Morgan fingerprint density at radius 1 is 1.18 bits per heavy atom. The quantitative estimate of drug-likeness (QED) is 0.362. The van der Waals surface area contributed by atoms with E-state index in [1.165, 1.54) is 18.2 Å². The molecule has 0 aliphatic carbocycles. The van der Waals surface area contributed by atoms with E-state index in [0.29, 0.717) is 18.5 Å². The van der Waals surface area contributed by atoms with E-state index in [2.05, 4.69) is 14.3 Å². The summed E-state index contributed by atoms with van der Waals surface area (Å²) >= 11 is 6.17. The van der Waals surface area contributed by atoms with E-state index in [0.717, 1.165) is 49.3 Å². The first-order chi connectivity index (χ1) is 19.1. The van der Waals surface area contributed by atoms with Crippen molar-refractivity contribution in [2.45, 2.75) is 38.3 Å². The van der Waals surface area contributed by atoms with Gasteiger partial charge < -0.3 is 24.0 Å². The normalized spacial score (nSPS) is 16.7. The lowest BCUT2D eigenvalue weighted by Crippen LogP contribution is -2.44. The van der Waals surface area contributed by atoms with Crippen LogP contribution in [0.2, 0.25) is 5.15 Å². The van der Waals surface area contributed by atoms with Crippen LogP contribution in [-0.4, -0.2) is 71.5 Å². The number of ether oxygens (including phenoxy) is 2. The first kappa shape index (κ1) is 28.1. The second kappa shape index (κ2) is 11.6. The largest absolute Gasteiger partial charge is 0.491 e. The fraction of sp³-hybridized carbons (Fsp3) is 0.423. The van der Waals surface area contributed by atoms with Crippen molar-refractivity contribution in [1.82, 2.24) is 19.4 Å². The molecule has 0 saturated carbocycles. The van der Waals surface area contributed by atoms with Crippen LogP contribution in [0.4, 0.5) is 10.2 Å². The third kappa shape index (κ3) is 6.01. The summed E-state index contributed by atoms with van der Waals surface area (Å²) in [6.07, 6.45) is 4.32. The molecule has 0 fully saturated rings. The van der Waals surface area contributed by atoms with Gasteiger partial charge in [-0.05, 0) is 37.1 Å². The van der Waals surface area contributed by atoms with Crippen LogP contribution in [0, 0.1) is 5.82 Å². The zero-order chi connectivity index (χ0) is 28.4. The summed E-state index contributed by atoms with van der Waals surface area (Å²) in [5.41, 5.74) is 1.95. The van der Waals surface area contributed by atoms with E-state index in [1.54, 1.807) is 17.0 Å². The maximum atomic E-state index is 15.6. The molecule has 1 unspecified atom stereocenters. The molecule has 0 spiro atoms. The number of hydrogen-bond acceptors (Lipinski definition) is 8. The molecule has 214 valence electrons. The Hall–Kier alpha value is -3.42. The van der Waals surface area contributed by atoms with Gasteiger partial charge in [-0.3, -0.25) is 9.52 Å². The summed E-state index contributed by atoms with van der Waals surface area (Å²) in [4.78, 5) is 24.0. The molecule has 0 radical (unpaired) electrons. The van der Waals surface area contributed by atoms with Gasteiger partial charge in [0.15, 0.2) is 17.5 Å². The fourth-order valence-corrected chi connectivity index (χ4v) is 5.82. The van der Waals surface area contributed by atoms with E-state index in [9.17, 15) is 13.2 Å². The molecule has 4 heterocycles. The molecule has 0 bridgehead atoms. The third-order valence-electron chi connectivity index (χ3n) is 6.76. The van der Waals surface area contributed by atoms with Crippen LogP contribution in [0.1, 0.15) is 41.7 Å². The highest BCUT2D eigenvalue weighted by molar-refractivity contribution is 7.92. The first-order valence-electron chi connectivity index (χ1n) is 12.8. The number of rotatable bonds is 9. The Kier molecular flexibility index (Phi) is 8.15. The SMILES string of the molecule is CS(=O)(=O)Nc1ccc(OCC(=O)N2CCc3nc4n(c3C2c2ccc(OCCO)cc2F)CCCC4)c(Cl)n1. The molecule has 1 amide bonds. The number of halogens is 2. The number of aliphatic hydroxyl groups is 1. The van der Waals surface area contributed by atoms with Crippen molar-refractivity contribution in [1.29, 1.82) is 0 Å². The molecule has 0 saturated heterocycles. The average molecular weight is 594 g/mol. The van der Waals surface area contributed by atoms with E-state index in [4.69, 9.17) is 31.2 Å². The van der Waals surface area contributed by atoms with E-state index >= 15 is 4.39 Å². The van der Waals surface area contributed by atoms with E-state index < -0.39 is 34.4 Å². The summed E-state index contributed by atoms with van der Waals surface area (Å²) in [6.45, 7) is 0.485. The van der Waals surface area contributed by atoms with Gasteiger partial charge in [0, 0.05) is 37.6 Å². The number of imidazole rings is 1. The molecule has 1 atom stereocenters. The highest BCUT2D eigenvalue weighted by Crippen LogP contribution is 2.39. The van der Waals surface area contributed by atoms with Crippen LogP contribution < -0.4 is 14.2 Å². The number of anilines is 1. The minimum absolute atomic E-state index is 0.0159. The number of hydrogen-bond donors (Lipinski definition) is 2. The summed E-state index contributed by atoms with van der Waals surface area (Å²) < 4.78 is 53.9. The number of nitrogens with zero attached hydrogens (tertiary/aromatic N) is 4. The van der Waals surface area contributed by atoms with Crippen molar-refractivity contribution in [3.63, 3.8) is 0 Å². The van der Waals surface area contributed by atoms with Gasteiger partial charge in [-0.2, -0.15) is 0 Å². The number of aryl methyl sites for hydroxylation is 1. The highest BCUT2D eigenvalue weighted by atomic mass is 35.5. The lowest BCUT2D eigenvalue weighted by Gasteiger charge is -2.37. The van der Waals surface area contributed by atoms with Crippen molar-refractivity contribution >= 4 is 33.3 Å². The van der Waals surface area contributed by atoms with Gasteiger partial charge in [0.25, 0.3) is 5.91 Å². The number of benzene rings is 1. The maximum Gasteiger partial charge on any atom is 0.261 e. The third-order valence-corrected chi connectivity index (χ3v) is 7.61. The Bertz CT molecular complexity index is 1530. The van der Waals surface area contributed by atoms with E-state index in [-0.39, 0.29) is 35.7 Å². The number of aromatic nitrogens is 3. The predicted octanol–water partition coefficient (Wildman–Crippen LogP) is 2.70. The van der Waals surface area contributed by atoms with Gasteiger partial charge in [0.05, 0.1) is 24.3 Å². The minimum Gasteiger partial charge on any atom is -0.491 e. The van der Waals surface area contributed by atoms with Gasteiger partial charge in [-0.15, -0.1) is 0 Å². The number of amides is 1. The summed E-state index contributed by atoms with van der Waals surface area (Å²) in [5, 5.41) is 8.92. The Morgan fingerprint density at radius 2 is 2.00 bits per heavy atom. The molecule has 1 aromatic carbocycles. The number of pyridine rings is 1. The summed E-state index contributed by atoms with van der Waals surface area (Å²) in [7, 11) is -3.55. The molecule has 11 nitrogen and oxygen atoms in total. The molecule has 5 rings (SSSR count). The number of carbonyl (C=O) groups is 1. The van der Waals surface area contributed by atoms with Crippen LogP contribution >= 0.6 is 11.6 Å². The van der Waals surface area contributed by atoms with E-state index in [1.807, 2.05) is 0 Å². The van der Waals surface area contributed by atoms with Crippen LogP contribution in [0.25, 0.3) is 0 Å². The van der Waals surface area contributed by atoms with Crippen molar-refractivity contribution < 1.29 is 32.2 Å². The van der Waals surface area contributed by atoms with Crippen LogP contribution in [0.5, 0.6) is 11.5 Å². The lowest BCUT2D eigenvalue weighted by molar-refractivity contribution is -0.135. The molecule has 40 heavy (non-hydrogen) atoms. The number of nitrogens with one attached hydrogen (secondary N) is 1. The van der Waals surface area contributed by atoms with Crippen LogP contribution in [0.15, 0.2) is 30.3 Å². The number of fused-ring (bicyclic) bond motifs is 3. The zero-order valence-electron chi connectivity index (χ0n) is 21.8. The second-order valence-corrected chi connectivity index (χ2v) is 11.7. The molecular formula is C26H29ClFN5O6S. The van der Waals surface area contributed by atoms with Crippen molar-refractivity contribution in [2.24, 2.45) is 0 Å². The number of carbonyl (C=O) groups excluding carboxylic acids is 1. The number of sulfonamides is 1. The highest BCUT2D eigenvalue weighted by Gasteiger charge is 2.38. The maximum absolute atomic E-state index is 15.6. The summed E-state index contributed by atoms with van der Waals surface area (Å²) in [5.74, 6) is 0.398. The summed E-state index contributed by atoms with van der Waals surface area (Å²) in [6, 6.07) is 6.52. The lowest BCUT2D eigenvalue weighted by atomic mass is 9.94. The van der Waals surface area contributed by atoms with Crippen molar-refractivity contribution in [2.75, 3.05) is 37.3 Å². The monoisotopic (exact) mass is 593 g/mol. The van der Waals surface area contributed by atoms with Crippen molar-refractivity contribution in [3.8, 4) is 11.5 Å². The topological polar surface area (TPSA) is 136 Å². The molecule has 2 aliphatic rings. The molecule has 14 heteroatoms. The van der Waals surface area contributed by atoms with Gasteiger partial charge in [-0.25, -0.2) is 22.8 Å². The Balaban J connectivity index is 1.43. The molecule has 2 N–H and O–H groups in total.